The SMILES string of the molecule is COc1ccc(CCS(=O)(=O)NCCCN2CCOC(c3ccccc3)C2)cc1. The Labute approximate surface area is 173 Å². The molecular formula is C22H30N2O4S. The average molecular weight is 419 g/mol. The van der Waals surface area contributed by atoms with Crippen molar-refractivity contribution in [3.8, 4) is 5.75 Å². The molecular weight excluding hydrogens is 388 g/mol. The van der Waals surface area contributed by atoms with E-state index in [1.165, 1.54) is 5.56 Å². The Morgan fingerprint density at radius 3 is 2.62 bits per heavy atom. The number of nitrogens with one attached hydrogen (secondary N) is 1. The van der Waals surface area contributed by atoms with Crippen molar-refractivity contribution < 1.29 is 17.9 Å². The van der Waals surface area contributed by atoms with Crippen LogP contribution in [0.15, 0.2) is 54.6 Å². The van der Waals surface area contributed by atoms with Crippen LogP contribution in [0.1, 0.15) is 23.7 Å². The molecule has 0 bridgehead atoms. The van der Waals surface area contributed by atoms with E-state index in [0.29, 0.717) is 19.6 Å². The molecule has 0 spiro atoms. The summed E-state index contributed by atoms with van der Waals surface area (Å²) < 4.78 is 38.2. The number of benzene rings is 2. The predicted octanol–water partition coefficient (Wildman–Crippen LogP) is 2.62. The van der Waals surface area contributed by atoms with Crippen molar-refractivity contribution in [2.75, 3.05) is 45.6 Å². The Hall–Kier alpha value is -1.93. The maximum atomic E-state index is 12.2. The van der Waals surface area contributed by atoms with Gasteiger partial charge in [-0.25, -0.2) is 13.1 Å². The summed E-state index contributed by atoms with van der Waals surface area (Å²) in [6.07, 6.45) is 1.36. The van der Waals surface area contributed by atoms with Crippen LogP contribution in [0.4, 0.5) is 0 Å². The molecule has 0 saturated carbocycles. The third-order valence-electron chi connectivity index (χ3n) is 5.11. The second-order valence-corrected chi connectivity index (χ2v) is 9.16. The van der Waals surface area contributed by atoms with Crippen molar-refractivity contribution in [2.45, 2.75) is 18.9 Å². The summed E-state index contributed by atoms with van der Waals surface area (Å²) in [5, 5.41) is 0. The van der Waals surface area contributed by atoms with E-state index in [4.69, 9.17) is 9.47 Å². The number of hydrogen-bond acceptors (Lipinski definition) is 5. The van der Waals surface area contributed by atoms with Crippen LogP contribution in [0.3, 0.4) is 0 Å². The van der Waals surface area contributed by atoms with Gasteiger partial charge in [-0.05, 0) is 42.6 Å². The smallest absolute Gasteiger partial charge is 0.211 e. The Kier molecular flexibility index (Phi) is 8.06. The molecule has 158 valence electrons. The molecule has 29 heavy (non-hydrogen) atoms. The molecule has 3 rings (SSSR count). The van der Waals surface area contributed by atoms with Gasteiger partial charge in [-0.15, -0.1) is 0 Å². The molecule has 0 amide bonds. The molecule has 1 heterocycles. The van der Waals surface area contributed by atoms with Gasteiger partial charge in [0.05, 0.1) is 25.6 Å². The Morgan fingerprint density at radius 1 is 1.14 bits per heavy atom. The molecule has 1 saturated heterocycles. The van der Waals surface area contributed by atoms with E-state index < -0.39 is 10.0 Å². The molecule has 1 aliphatic heterocycles. The summed E-state index contributed by atoms with van der Waals surface area (Å²) >= 11 is 0. The number of rotatable bonds is 10. The number of morpholine rings is 1. The van der Waals surface area contributed by atoms with Gasteiger partial charge in [-0.2, -0.15) is 0 Å². The lowest BCUT2D eigenvalue weighted by molar-refractivity contribution is -0.0300. The fourth-order valence-electron chi connectivity index (χ4n) is 3.42. The molecule has 1 unspecified atom stereocenters. The van der Waals surface area contributed by atoms with Gasteiger partial charge in [0, 0.05) is 19.6 Å². The molecule has 0 radical (unpaired) electrons. The van der Waals surface area contributed by atoms with Gasteiger partial charge in [0.1, 0.15) is 5.75 Å². The lowest BCUT2D eigenvalue weighted by atomic mass is 10.1. The third-order valence-corrected chi connectivity index (χ3v) is 6.50. The number of aryl methyl sites for hydroxylation is 1. The van der Waals surface area contributed by atoms with E-state index in [2.05, 4.69) is 21.8 Å². The van der Waals surface area contributed by atoms with E-state index in [1.807, 2.05) is 42.5 Å². The monoisotopic (exact) mass is 418 g/mol. The van der Waals surface area contributed by atoms with E-state index in [1.54, 1.807) is 7.11 Å². The highest BCUT2D eigenvalue weighted by Gasteiger charge is 2.21. The summed E-state index contributed by atoms with van der Waals surface area (Å²) in [5.74, 6) is 0.861. The molecule has 7 heteroatoms. The molecule has 0 aliphatic carbocycles. The molecule has 2 aromatic carbocycles. The quantitative estimate of drug-likeness (QED) is 0.601. The first-order valence-corrected chi connectivity index (χ1v) is 11.7. The number of ether oxygens (including phenoxy) is 2. The van der Waals surface area contributed by atoms with Crippen LogP contribution in [-0.4, -0.2) is 59.0 Å². The van der Waals surface area contributed by atoms with Crippen molar-refractivity contribution in [2.24, 2.45) is 0 Å². The zero-order valence-corrected chi connectivity index (χ0v) is 17.7. The zero-order chi connectivity index (χ0) is 20.5. The maximum absolute atomic E-state index is 12.2. The van der Waals surface area contributed by atoms with E-state index in [-0.39, 0.29) is 11.9 Å². The van der Waals surface area contributed by atoms with Gasteiger partial charge in [-0.3, -0.25) is 4.90 Å². The number of nitrogens with zero attached hydrogens (tertiary/aromatic N) is 1. The van der Waals surface area contributed by atoms with Crippen LogP contribution in [0.25, 0.3) is 0 Å². The lowest BCUT2D eigenvalue weighted by Crippen LogP contribution is -2.40. The highest BCUT2D eigenvalue weighted by Crippen LogP contribution is 2.21. The highest BCUT2D eigenvalue weighted by atomic mass is 32.2. The Morgan fingerprint density at radius 2 is 1.90 bits per heavy atom. The van der Waals surface area contributed by atoms with Crippen molar-refractivity contribution in [3.63, 3.8) is 0 Å². The normalized spacial score (nSPS) is 17.9. The van der Waals surface area contributed by atoms with Gasteiger partial charge < -0.3 is 9.47 Å². The standard InChI is InChI=1S/C22H30N2O4S/c1-27-21-10-8-19(9-11-21)12-17-29(25,26)23-13-5-14-24-15-16-28-22(18-24)20-6-3-2-4-7-20/h2-4,6-11,22-23H,5,12-18H2,1H3. The average Bonchev–Trinajstić information content (AvgIpc) is 2.77. The van der Waals surface area contributed by atoms with Crippen LogP contribution in [0.5, 0.6) is 5.75 Å². The van der Waals surface area contributed by atoms with Crippen LogP contribution < -0.4 is 9.46 Å². The van der Waals surface area contributed by atoms with Crippen LogP contribution in [-0.2, 0) is 21.2 Å². The molecule has 1 atom stereocenters. The van der Waals surface area contributed by atoms with Crippen LogP contribution in [0.2, 0.25) is 0 Å². The summed E-state index contributed by atoms with van der Waals surface area (Å²) in [6.45, 7) is 3.74. The Balaban J connectivity index is 1.36. The minimum absolute atomic E-state index is 0.0890. The second-order valence-electron chi connectivity index (χ2n) is 7.24. The maximum Gasteiger partial charge on any atom is 0.211 e. The fraction of sp³-hybridized carbons (Fsp3) is 0.455. The number of sulfonamides is 1. The molecule has 1 aliphatic rings. The zero-order valence-electron chi connectivity index (χ0n) is 16.9. The predicted molar refractivity (Wildman–Crippen MR) is 115 cm³/mol. The summed E-state index contributed by atoms with van der Waals surface area (Å²) in [4.78, 5) is 2.34. The Bertz CT molecular complexity index is 841. The molecule has 6 nitrogen and oxygen atoms in total. The molecule has 2 aromatic rings. The van der Waals surface area contributed by atoms with E-state index in [9.17, 15) is 8.42 Å². The molecule has 1 fully saturated rings. The van der Waals surface area contributed by atoms with Crippen molar-refractivity contribution in [1.29, 1.82) is 0 Å². The lowest BCUT2D eigenvalue weighted by Gasteiger charge is -2.33. The van der Waals surface area contributed by atoms with E-state index in [0.717, 1.165) is 37.4 Å². The minimum atomic E-state index is -3.28. The molecule has 0 aromatic heterocycles. The first kappa shape index (κ1) is 21.8. The summed E-state index contributed by atoms with van der Waals surface area (Å²) in [5.41, 5.74) is 2.17. The van der Waals surface area contributed by atoms with Gasteiger partial charge >= 0.3 is 0 Å². The van der Waals surface area contributed by atoms with Crippen molar-refractivity contribution in [3.05, 3.63) is 65.7 Å². The highest BCUT2D eigenvalue weighted by molar-refractivity contribution is 7.89. The molecule has 1 N–H and O–H groups in total. The first-order chi connectivity index (χ1) is 14.1. The van der Waals surface area contributed by atoms with Gasteiger partial charge in [-0.1, -0.05) is 42.5 Å². The largest absolute Gasteiger partial charge is 0.497 e. The van der Waals surface area contributed by atoms with Crippen molar-refractivity contribution >= 4 is 10.0 Å². The van der Waals surface area contributed by atoms with Crippen molar-refractivity contribution in [1.82, 2.24) is 9.62 Å². The second kappa shape index (κ2) is 10.7. The third kappa shape index (κ3) is 7.12. The first-order valence-electron chi connectivity index (χ1n) is 10.0. The minimum Gasteiger partial charge on any atom is -0.497 e. The van der Waals surface area contributed by atoms with E-state index >= 15 is 0 Å². The van der Waals surface area contributed by atoms with Crippen LogP contribution in [0, 0.1) is 0 Å². The summed E-state index contributed by atoms with van der Waals surface area (Å²) in [6, 6.07) is 17.7. The topological polar surface area (TPSA) is 67.9 Å². The van der Waals surface area contributed by atoms with Gasteiger partial charge in [0.15, 0.2) is 0 Å². The van der Waals surface area contributed by atoms with Gasteiger partial charge in [0.2, 0.25) is 10.0 Å². The summed E-state index contributed by atoms with van der Waals surface area (Å²) in [7, 11) is -1.66. The van der Waals surface area contributed by atoms with Crippen LogP contribution >= 0.6 is 0 Å². The number of methoxy groups -OCH3 is 1. The van der Waals surface area contributed by atoms with Gasteiger partial charge in [0.25, 0.3) is 0 Å². The number of hydrogen-bond donors (Lipinski definition) is 1. The fourth-order valence-corrected chi connectivity index (χ4v) is 4.53.